The Morgan fingerprint density at radius 1 is 0.917 bits per heavy atom. The molecule has 2 amide bonds. The molecule has 3 aromatic rings. The number of methoxy groups -OCH3 is 1. The molecule has 0 saturated carbocycles. The Bertz CT molecular complexity index is 1090. The quantitative estimate of drug-likeness (QED) is 0.349. The van der Waals surface area contributed by atoms with Crippen LogP contribution in [0.25, 0.3) is 0 Å². The van der Waals surface area contributed by atoms with E-state index in [0.717, 1.165) is 16.9 Å². The summed E-state index contributed by atoms with van der Waals surface area (Å²) < 4.78 is 24.4. The van der Waals surface area contributed by atoms with Crippen molar-refractivity contribution < 1.29 is 23.5 Å². The standard InChI is InChI=1S/C29H33FN2O4/c1-3-31-29(34)27(20-22-8-5-4-6-9-22)32(21-23-11-13-24(30)14-12-23)28(33)10-7-19-36-26-17-15-25(35-2)16-18-26/h4-6,8-9,11-18,27H,3,7,10,19-21H2,1-2H3,(H,31,34). The van der Waals surface area contributed by atoms with Crippen molar-refractivity contribution in [2.45, 2.75) is 38.8 Å². The number of nitrogens with one attached hydrogen (secondary N) is 1. The van der Waals surface area contributed by atoms with Gasteiger partial charge in [-0.15, -0.1) is 0 Å². The predicted molar refractivity (Wildman–Crippen MR) is 137 cm³/mol. The van der Waals surface area contributed by atoms with Gasteiger partial charge < -0.3 is 19.7 Å². The highest BCUT2D eigenvalue weighted by Gasteiger charge is 2.29. The molecule has 0 saturated heterocycles. The number of likely N-dealkylation sites (N-methyl/N-ethyl adjacent to an activating group) is 1. The Labute approximate surface area is 212 Å². The highest BCUT2D eigenvalue weighted by atomic mass is 19.1. The van der Waals surface area contributed by atoms with Crippen molar-refractivity contribution in [1.82, 2.24) is 10.2 Å². The average Bonchev–Trinajstić information content (AvgIpc) is 2.90. The fourth-order valence-electron chi connectivity index (χ4n) is 3.86. The van der Waals surface area contributed by atoms with E-state index < -0.39 is 6.04 Å². The van der Waals surface area contributed by atoms with E-state index in [-0.39, 0.29) is 30.6 Å². The third-order valence-corrected chi connectivity index (χ3v) is 5.75. The van der Waals surface area contributed by atoms with E-state index in [1.165, 1.54) is 12.1 Å². The van der Waals surface area contributed by atoms with E-state index in [1.54, 1.807) is 24.1 Å². The molecule has 36 heavy (non-hydrogen) atoms. The van der Waals surface area contributed by atoms with Crippen molar-refractivity contribution in [3.05, 3.63) is 95.8 Å². The van der Waals surface area contributed by atoms with Gasteiger partial charge >= 0.3 is 0 Å². The second-order valence-corrected chi connectivity index (χ2v) is 8.38. The van der Waals surface area contributed by atoms with Gasteiger partial charge in [0, 0.05) is 25.9 Å². The third-order valence-electron chi connectivity index (χ3n) is 5.75. The molecular weight excluding hydrogens is 459 g/mol. The first-order valence-electron chi connectivity index (χ1n) is 12.1. The van der Waals surface area contributed by atoms with Gasteiger partial charge in [0.2, 0.25) is 11.8 Å². The number of nitrogens with zero attached hydrogens (tertiary/aromatic N) is 1. The molecule has 0 aliphatic rings. The van der Waals surface area contributed by atoms with Crippen molar-refractivity contribution in [1.29, 1.82) is 0 Å². The summed E-state index contributed by atoms with van der Waals surface area (Å²) in [7, 11) is 1.60. The lowest BCUT2D eigenvalue weighted by Crippen LogP contribution is -2.50. The maximum atomic E-state index is 13.5. The normalized spacial score (nSPS) is 11.4. The van der Waals surface area contributed by atoms with Crippen molar-refractivity contribution in [2.24, 2.45) is 0 Å². The van der Waals surface area contributed by atoms with Crippen LogP contribution in [0.15, 0.2) is 78.9 Å². The number of carbonyl (C=O) groups excluding carboxylic acids is 2. The van der Waals surface area contributed by atoms with Crippen LogP contribution in [0.4, 0.5) is 4.39 Å². The molecule has 1 N–H and O–H groups in total. The predicted octanol–water partition coefficient (Wildman–Crippen LogP) is 4.77. The minimum Gasteiger partial charge on any atom is -0.497 e. The van der Waals surface area contributed by atoms with Gasteiger partial charge in [-0.2, -0.15) is 0 Å². The topological polar surface area (TPSA) is 67.9 Å². The number of benzene rings is 3. The SMILES string of the molecule is CCNC(=O)C(Cc1ccccc1)N(Cc1ccc(F)cc1)C(=O)CCCOc1ccc(OC)cc1. The van der Waals surface area contributed by atoms with Crippen LogP contribution < -0.4 is 14.8 Å². The molecule has 0 radical (unpaired) electrons. The molecule has 0 heterocycles. The van der Waals surface area contributed by atoms with Crippen molar-refractivity contribution >= 4 is 11.8 Å². The first kappa shape index (κ1) is 26.7. The number of halogens is 1. The van der Waals surface area contributed by atoms with Crippen molar-refractivity contribution in [3.8, 4) is 11.5 Å². The number of hydrogen-bond acceptors (Lipinski definition) is 4. The zero-order valence-corrected chi connectivity index (χ0v) is 20.8. The van der Waals surface area contributed by atoms with Gasteiger partial charge in [0.25, 0.3) is 0 Å². The first-order valence-corrected chi connectivity index (χ1v) is 12.1. The summed E-state index contributed by atoms with van der Waals surface area (Å²) in [6.45, 7) is 2.86. The summed E-state index contributed by atoms with van der Waals surface area (Å²) in [5.41, 5.74) is 1.70. The summed E-state index contributed by atoms with van der Waals surface area (Å²) in [5.74, 6) is 0.701. The van der Waals surface area contributed by atoms with Crippen LogP contribution in [-0.2, 0) is 22.6 Å². The second kappa shape index (κ2) is 13.9. The second-order valence-electron chi connectivity index (χ2n) is 8.38. The van der Waals surface area contributed by atoms with Crippen LogP contribution in [0, 0.1) is 5.82 Å². The molecule has 0 aliphatic carbocycles. The van der Waals surface area contributed by atoms with Gasteiger partial charge in [0.05, 0.1) is 13.7 Å². The van der Waals surface area contributed by atoms with Gasteiger partial charge in [-0.05, 0) is 60.9 Å². The molecular formula is C29H33FN2O4. The number of hydrogen-bond donors (Lipinski definition) is 1. The minimum absolute atomic E-state index is 0.162. The minimum atomic E-state index is -0.701. The summed E-state index contributed by atoms with van der Waals surface area (Å²) in [5, 5.41) is 2.87. The Hall–Kier alpha value is -3.87. The van der Waals surface area contributed by atoms with Gasteiger partial charge in [-0.3, -0.25) is 9.59 Å². The zero-order valence-electron chi connectivity index (χ0n) is 20.8. The largest absolute Gasteiger partial charge is 0.497 e. The molecule has 190 valence electrons. The maximum absolute atomic E-state index is 13.5. The smallest absolute Gasteiger partial charge is 0.243 e. The fraction of sp³-hybridized carbons (Fsp3) is 0.310. The van der Waals surface area contributed by atoms with Crippen LogP contribution in [0.5, 0.6) is 11.5 Å². The molecule has 0 fully saturated rings. The van der Waals surface area contributed by atoms with E-state index in [0.29, 0.717) is 31.7 Å². The molecule has 1 unspecified atom stereocenters. The lowest BCUT2D eigenvalue weighted by molar-refractivity contribution is -0.141. The number of amides is 2. The summed E-state index contributed by atoms with van der Waals surface area (Å²) in [6.07, 6.45) is 1.07. The van der Waals surface area contributed by atoms with Gasteiger partial charge in [-0.1, -0.05) is 42.5 Å². The molecule has 3 aromatic carbocycles. The molecule has 0 aliphatic heterocycles. The molecule has 0 bridgehead atoms. The molecule has 1 atom stereocenters. The van der Waals surface area contributed by atoms with Crippen LogP contribution in [0.3, 0.4) is 0 Å². The van der Waals surface area contributed by atoms with Gasteiger partial charge in [0.15, 0.2) is 0 Å². The van der Waals surface area contributed by atoms with E-state index in [1.807, 2.05) is 61.5 Å². The Kier molecular flexibility index (Phi) is 10.3. The first-order chi connectivity index (χ1) is 17.5. The Morgan fingerprint density at radius 2 is 1.58 bits per heavy atom. The number of carbonyl (C=O) groups is 2. The molecule has 6 nitrogen and oxygen atoms in total. The Balaban J connectivity index is 1.73. The van der Waals surface area contributed by atoms with Crippen molar-refractivity contribution in [2.75, 3.05) is 20.3 Å². The molecule has 0 spiro atoms. The van der Waals surface area contributed by atoms with Gasteiger partial charge in [-0.25, -0.2) is 4.39 Å². The highest BCUT2D eigenvalue weighted by molar-refractivity contribution is 5.88. The average molecular weight is 493 g/mol. The van der Waals surface area contributed by atoms with Crippen LogP contribution in [0.1, 0.15) is 30.9 Å². The van der Waals surface area contributed by atoms with Gasteiger partial charge in [0.1, 0.15) is 23.4 Å². The van der Waals surface area contributed by atoms with Crippen molar-refractivity contribution in [3.63, 3.8) is 0 Å². The molecule has 0 aromatic heterocycles. The van der Waals surface area contributed by atoms with E-state index in [2.05, 4.69) is 5.32 Å². The zero-order chi connectivity index (χ0) is 25.8. The summed E-state index contributed by atoms with van der Waals surface area (Å²) in [6, 6.07) is 22.2. The summed E-state index contributed by atoms with van der Waals surface area (Å²) >= 11 is 0. The van der Waals surface area contributed by atoms with E-state index in [4.69, 9.17) is 9.47 Å². The fourth-order valence-corrected chi connectivity index (χ4v) is 3.86. The third kappa shape index (κ3) is 8.12. The van der Waals surface area contributed by atoms with Crippen LogP contribution >= 0.6 is 0 Å². The molecule has 3 rings (SSSR count). The maximum Gasteiger partial charge on any atom is 0.243 e. The monoisotopic (exact) mass is 492 g/mol. The number of ether oxygens (including phenoxy) is 2. The lowest BCUT2D eigenvalue weighted by Gasteiger charge is -2.31. The Morgan fingerprint density at radius 3 is 2.22 bits per heavy atom. The molecule has 7 heteroatoms. The lowest BCUT2D eigenvalue weighted by atomic mass is 10.0. The van der Waals surface area contributed by atoms with E-state index >= 15 is 0 Å². The van der Waals surface area contributed by atoms with Crippen LogP contribution in [-0.4, -0.2) is 43.0 Å². The number of rotatable bonds is 13. The van der Waals surface area contributed by atoms with E-state index in [9.17, 15) is 14.0 Å². The highest BCUT2D eigenvalue weighted by Crippen LogP contribution is 2.19. The van der Waals surface area contributed by atoms with Crippen LogP contribution in [0.2, 0.25) is 0 Å². The summed E-state index contributed by atoms with van der Waals surface area (Å²) in [4.78, 5) is 28.2.